The second-order valence-electron chi connectivity index (χ2n) is 5.34. The lowest BCUT2D eigenvalue weighted by Crippen LogP contribution is -2.34. The van der Waals surface area contributed by atoms with E-state index in [1.54, 1.807) is 24.3 Å². The van der Waals surface area contributed by atoms with Gasteiger partial charge in [-0.1, -0.05) is 25.5 Å². The fraction of sp³-hybridized carbons (Fsp3) is 0.235. The number of hydrogen-bond donors (Lipinski definition) is 1. The van der Waals surface area contributed by atoms with E-state index in [0.29, 0.717) is 15.8 Å². The van der Waals surface area contributed by atoms with Crippen molar-refractivity contribution in [2.45, 2.75) is 26.3 Å². The molecule has 1 aromatic carbocycles. The number of benzene rings is 1. The lowest BCUT2D eigenvalue weighted by molar-refractivity contribution is 0.712. The maximum atomic E-state index is 12.6. The minimum absolute atomic E-state index is 0.151. The summed E-state index contributed by atoms with van der Waals surface area (Å²) >= 11 is 1.46. The van der Waals surface area contributed by atoms with Crippen molar-refractivity contribution in [1.82, 2.24) is 9.55 Å². The second kappa shape index (κ2) is 6.23. The molecule has 0 aliphatic heterocycles. The molecular formula is C17H15N3O2S. The first-order valence-electron chi connectivity index (χ1n) is 7.37. The summed E-state index contributed by atoms with van der Waals surface area (Å²) in [5, 5.41) is 9.50. The number of fused-ring (bicyclic) bond motifs is 1. The van der Waals surface area contributed by atoms with Crippen LogP contribution in [0.2, 0.25) is 0 Å². The van der Waals surface area contributed by atoms with Crippen molar-refractivity contribution >= 4 is 21.6 Å². The first kappa shape index (κ1) is 15.3. The summed E-state index contributed by atoms with van der Waals surface area (Å²) in [6.45, 7) is 2.23. The molecule has 0 amide bonds. The van der Waals surface area contributed by atoms with E-state index >= 15 is 0 Å². The normalized spacial score (nSPS) is 10.8. The predicted molar refractivity (Wildman–Crippen MR) is 91.0 cm³/mol. The van der Waals surface area contributed by atoms with E-state index in [9.17, 15) is 9.59 Å². The molecule has 0 bridgehead atoms. The number of rotatable bonds is 4. The highest BCUT2D eigenvalue weighted by Crippen LogP contribution is 2.21. The van der Waals surface area contributed by atoms with Gasteiger partial charge in [0, 0.05) is 4.88 Å². The molecule has 1 N–H and O–H groups in total. The largest absolute Gasteiger partial charge is 0.329 e. The quantitative estimate of drug-likeness (QED) is 0.801. The van der Waals surface area contributed by atoms with Crippen LogP contribution in [0, 0.1) is 11.3 Å². The molecule has 0 atom stereocenters. The number of nitrogens with zero attached hydrogens (tertiary/aromatic N) is 2. The molecule has 116 valence electrons. The lowest BCUT2D eigenvalue weighted by Gasteiger charge is -2.05. The maximum Gasteiger partial charge on any atom is 0.329 e. The Kier molecular flexibility index (Phi) is 4.13. The number of thiophene rings is 1. The molecule has 3 aromatic rings. The van der Waals surface area contributed by atoms with Gasteiger partial charge in [0.05, 0.1) is 23.6 Å². The smallest absolute Gasteiger partial charge is 0.298 e. The number of hydrogen-bond acceptors (Lipinski definition) is 4. The first-order chi connectivity index (χ1) is 11.1. The van der Waals surface area contributed by atoms with Crippen LogP contribution in [0.3, 0.4) is 0 Å². The summed E-state index contributed by atoms with van der Waals surface area (Å²) < 4.78 is 1.18. The van der Waals surface area contributed by atoms with E-state index in [2.05, 4.69) is 18.0 Å². The van der Waals surface area contributed by atoms with Crippen LogP contribution in [0.4, 0.5) is 0 Å². The molecule has 0 aliphatic rings. The van der Waals surface area contributed by atoms with Crippen molar-refractivity contribution < 1.29 is 0 Å². The summed E-state index contributed by atoms with van der Waals surface area (Å²) in [5.74, 6) is 0. The van der Waals surface area contributed by atoms with Gasteiger partial charge in [0.15, 0.2) is 0 Å². The molecule has 0 fully saturated rings. The van der Waals surface area contributed by atoms with E-state index < -0.39 is 5.69 Å². The zero-order valence-electron chi connectivity index (χ0n) is 12.6. The van der Waals surface area contributed by atoms with Crippen molar-refractivity contribution in [3.8, 4) is 6.07 Å². The van der Waals surface area contributed by atoms with Gasteiger partial charge < -0.3 is 0 Å². The third kappa shape index (κ3) is 2.96. The molecule has 2 aromatic heterocycles. The fourth-order valence-corrected chi connectivity index (χ4v) is 3.67. The fourth-order valence-electron chi connectivity index (χ4n) is 2.53. The molecule has 0 spiro atoms. The highest BCUT2D eigenvalue weighted by molar-refractivity contribution is 7.18. The van der Waals surface area contributed by atoms with Gasteiger partial charge in [0.1, 0.15) is 4.83 Å². The lowest BCUT2D eigenvalue weighted by atomic mass is 10.1. The van der Waals surface area contributed by atoms with Crippen LogP contribution in [-0.2, 0) is 13.0 Å². The van der Waals surface area contributed by atoms with Crippen LogP contribution in [-0.4, -0.2) is 9.55 Å². The topological polar surface area (TPSA) is 78.7 Å². The Morgan fingerprint density at radius 1 is 1.30 bits per heavy atom. The Labute approximate surface area is 136 Å². The highest BCUT2D eigenvalue weighted by atomic mass is 32.1. The summed E-state index contributed by atoms with van der Waals surface area (Å²) in [6.07, 6.45) is 1.89. The molecule has 3 rings (SSSR count). The molecule has 23 heavy (non-hydrogen) atoms. The van der Waals surface area contributed by atoms with E-state index in [0.717, 1.165) is 23.3 Å². The summed E-state index contributed by atoms with van der Waals surface area (Å²) in [4.78, 5) is 29.4. The first-order valence-corrected chi connectivity index (χ1v) is 8.18. The molecular weight excluding hydrogens is 310 g/mol. The molecule has 2 heterocycles. The number of H-pyrrole nitrogens is 1. The molecule has 0 radical (unpaired) electrons. The Bertz CT molecular complexity index is 1020. The molecule has 0 saturated carbocycles. The van der Waals surface area contributed by atoms with Crippen LogP contribution < -0.4 is 11.2 Å². The van der Waals surface area contributed by atoms with Crippen LogP contribution in [0.25, 0.3) is 10.2 Å². The van der Waals surface area contributed by atoms with Gasteiger partial charge in [0.2, 0.25) is 0 Å². The van der Waals surface area contributed by atoms with E-state index in [1.807, 2.05) is 6.07 Å². The average Bonchev–Trinajstić information content (AvgIpc) is 2.94. The summed E-state index contributed by atoms with van der Waals surface area (Å²) in [7, 11) is 0. The number of aromatic nitrogens is 2. The van der Waals surface area contributed by atoms with E-state index in [1.165, 1.54) is 15.9 Å². The Morgan fingerprint density at radius 2 is 2.13 bits per heavy atom. The van der Waals surface area contributed by atoms with Gasteiger partial charge >= 0.3 is 5.69 Å². The van der Waals surface area contributed by atoms with Crippen molar-refractivity contribution in [3.05, 3.63) is 67.2 Å². The van der Waals surface area contributed by atoms with Crippen molar-refractivity contribution in [2.75, 3.05) is 0 Å². The standard InChI is InChI=1S/C17H15N3O2S/c1-2-4-13-8-14-15(23-13)19-17(22)20(16(14)21)10-12-6-3-5-11(7-12)9-18/h3,5-8H,2,4,10H2,1H3,(H,19,22). The van der Waals surface area contributed by atoms with Crippen molar-refractivity contribution in [3.63, 3.8) is 0 Å². The Balaban J connectivity index is 2.08. The number of aryl methyl sites for hydroxylation is 1. The minimum atomic E-state index is -0.422. The van der Waals surface area contributed by atoms with Crippen LogP contribution in [0.1, 0.15) is 29.3 Å². The summed E-state index contributed by atoms with van der Waals surface area (Å²) in [6, 6.07) is 10.8. The molecule has 0 unspecified atom stereocenters. The number of nitrogens with one attached hydrogen (secondary N) is 1. The van der Waals surface area contributed by atoms with Gasteiger partial charge in [-0.25, -0.2) is 4.79 Å². The predicted octanol–water partition coefficient (Wildman–Crippen LogP) is 2.62. The van der Waals surface area contributed by atoms with Gasteiger partial charge in [-0.15, -0.1) is 11.3 Å². The van der Waals surface area contributed by atoms with Gasteiger partial charge in [-0.2, -0.15) is 5.26 Å². The minimum Gasteiger partial charge on any atom is -0.298 e. The molecule has 0 saturated heterocycles. The van der Waals surface area contributed by atoms with Crippen LogP contribution in [0.15, 0.2) is 39.9 Å². The molecule has 5 nitrogen and oxygen atoms in total. The number of aromatic amines is 1. The second-order valence-corrected chi connectivity index (χ2v) is 6.48. The monoisotopic (exact) mass is 325 g/mol. The van der Waals surface area contributed by atoms with Crippen LogP contribution in [0.5, 0.6) is 0 Å². The van der Waals surface area contributed by atoms with Gasteiger partial charge in [0.25, 0.3) is 5.56 Å². The van der Waals surface area contributed by atoms with Gasteiger partial charge in [-0.05, 0) is 30.2 Å². The number of nitriles is 1. The van der Waals surface area contributed by atoms with E-state index in [4.69, 9.17) is 5.26 Å². The highest BCUT2D eigenvalue weighted by Gasteiger charge is 2.11. The van der Waals surface area contributed by atoms with Crippen molar-refractivity contribution in [2.24, 2.45) is 0 Å². The zero-order chi connectivity index (χ0) is 16.4. The summed E-state index contributed by atoms with van der Waals surface area (Å²) in [5.41, 5.74) is 0.549. The Hall–Kier alpha value is -2.65. The SMILES string of the molecule is CCCc1cc2c(=O)n(Cc3cccc(C#N)c3)c(=O)[nH]c2s1. The third-order valence-electron chi connectivity index (χ3n) is 3.62. The maximum absolute atomic E-state index is 12.6. The zero-order valence-corrected chi connectivity index (χ0v) is 13.4. The Morgan fingerprint density at radius 3 is 2.87 bits per heavy atom. The van der Waals surface area contributed by atoms with Crippen molar-refractivity contribution in [1.29, 1.82) is 5.26 Å². The third-order valence-corrected chi connectivity index (χ3v) is 4.73. The molecule has 6 heteroatoms. The average molecular weight is 325 g/mol. The van der Waals surface area contributed by atoms with Crippen LogP contribution >= 0.6 is 11.3 Å². The van der Waals surface area contributed by atoms with Gasteiger partial charge in [-0.3, -0.25) is 14.3 Å². The van der Waals surface area contributed by atoms with E-state index in [-0.39, 0.29) is 12.1 Å². The molecule has 0 aliphatic carbocycles.